The van der Waals surface area contributed by atoms with E-state index in [0.717, 1.165) is 3.79 Å². The Morgan fingerprint density at radius 1 is 1.32 bits per heavy atom. The number of halogens is 1. The number of nitrogens with zero attached hydrogens (tertiary/aromatic N) is 2. The lowest BCUT2D eigenvalue weighted by Gasteiger charge is -2.21. The highest BCUT2D eigenvalue weighted by molar-refractivity contribution is 9.11. The quantitative estimate of drug-likeness (QED) is 0.663. The average Bonchev–Trinajstić information content (AvgIpc) is 3.04. The summed E-state index contributed by atoms with van der Waals surface area (Å²) in [5, 5.41) is 0.531. The van der Waals surface area contributed by atoms with Crippen molar-refractivity contribution >= 4 is 44.1 Å². The zero-order valence-corrected chi connectivity index (χ0v) is 15.9. The Morgan fingerprint density at radius 2 is 2.12 bits per heavy atom. The van der Waals surface area contributed by atoms with E-state index >= 15 is 0 Å². The van der Waals surface area contributed by atoms with Crippen molar-refractivity contribution in [2.75, 3.05) is 20.3 Å². The Balaban J connectivity index is 1.89. The molecule has 0 saturated heterocycles. The number of thiophene rings is 1. The van der Waals surface area contributed by atoms with Gasteiger partial charge in [-0.15, -0.1) is 11.3 Å². The summed E-state index contributed by atoms with van der Waals surface area (Å²) in [6.45, 7) is 1.01. The molecule has 2 aromatic heterocycles. The molecule has 0 unspecified atom stereocenters. The van der Waals surface area contributed by atoms with E-state index in [0.29, 0.717) is 34.8 Å². The molecule has 0 fully saturated rings. The highest BCUT2D eigenvalue weighted by Gasteiger charge is 2.19. The number of aromatic amines is 1. The van der Waals surface area contributed by atoms with E-state index in [2.05, 4.69) is 25.9 Å². The van der Waals surface area contributed by atoms with E-state index in [4.69, 9.17) is 4.74 Å². The first-order valence-electron chi connectivity index (χ1n) is 7.60. The summed E-state index contributed by atoms with van der Waals surface area (Å²) in [4.78, 5) is 34.4. The predicted molar refractivity (Wildman–Crippen MR) is 101 cm³/mol. The first-order chi connectivity index (χ1) is 12.1. The summed E-state index contributed by atoms with van der Waals surface area (Å²) in [6.07, 6.45) is 0. The van der Waals surface area contributed by atoms with Crippen LogP contribution in [0.1, 0.15) is 15.5 Å². The molecule has 3 aromatic rings. The van der Waals surface area contributed by atoms with E-state index < -0.39 is 0 Å². The van der Waals surface area contributed by atoms with E-state index in [9.17, 15) is 9.59 Å². The summed E-state index contributed by atoms with van der Waals surface area (Å²) < 4.78 is 5.99. The Labute approximate surface area is 156 Å². The van der Waals surface area contributed by atoms with Crippen molar-refractivity contribution in [2.45, 2.75) is 6.54 Å². The van der Waals surface area contributed by atoms with Gasteiger partial charge in [0.05, 0.1) is 32.7 Å². The van der Waals surface area contributed by atoms with Crippen molar-refractivity contribution in [3.63, 3.8) is 0 Å². The lowest BCUT2D eigenvalue weighted by atomic mass is 10.2. The van der Waals surface area contributed by atoms with Gasteiger partial charge in [0.15, 0.2) is 0 Å². The van der Waals surface area contributed by atoms with Gasteiger partial charge in [0.1, 0.15) is 5.82 Å². The molecule has 130 valence electrons. The Kier molecular flexibility index (Phi) is 5.62. The van der Waals surface area contributed by atoms with Gasteiger partial charge in [-0.25, -0.2) is 4.98 Å². The molecule has 25 heavy (non-hydrogen) atoms. The number of amides is 1. The minimum Gasteiger partial charge on any atom is -0.383 e. The van der Waals surface area contributed by atoms with Gasteiger partial charge in [-0.3, -0.25) is 9.59 Å². The van der Waals surface area contributed by atoms with Gasteiger partial charge < -0.3 is 14.6 Å². The summed E-state index contributed by atoms with van der Waals surface area (Å²) in [6, 6.07) is 10.7. The summed E-state index contributed by atoms with van der Waals surface area (Å²) in [7, 11) is 1.58. The number of rotatable bonds is 6. The summed E-state index contributed by atoms with van der Waals surface area (Å²) in [5.74, 6) is 0.326. The third-order valence-corrected chi connectivity index (χ3v) is 5.25. The van der Waals surface area contributed by atoms with Crippen LogP contribution in [0.25, 0.3) is 10.9 Å². The largest absolute Gasteiger partial charge is 0.383 e. The normalized spacial score (nSPS) is 11.0. The molecular weight excluding hydrogens is 406 g/mol. The Hall–Kier alpha value is -2.03. The molecule has 0 aliphatic heterocycles. The number of carbonyl (C=O) groups excluding carboxylic acids is 1. The molecule has 0 spiro atoms. The van der Waals surface area contributed by atoms with E-state index in [1.54, 1.807) is 36.3 Å². The number of hydrogen-bond donors (Lipinski definition) is 1. The van der Waals surface area contributed by atoms with Crippen LogP contribution < -0.4 is 5.56 Å². The third kappa shape index (κ3) is 4.15. The fraction of sp³-hybridized carbons (Fsp3) is 0.235. The fourth-order valence-electron chi connectivity index (χ4n) is 2.43. The number of benzene rings is 1. The minimum atomic E-state index is -0.210. The molecule has 0 bridgehead atoms. The first kappa shape index (κ1) is 17.8. The predicted octanol–water partition coefficient (Wildman–Crippen LogP) is 3.04. The maximum absolute atomic E-state index is 12.8. The number of aromatic nitrogens is 2. The van der Waals surface area contributed by atoms with Crippen LogP contribution in [-0.2, 0) is 11.3 Å². The van der Waals surface area contributed by atoms with Crippen LogP contribution in [0.15, 0.2) is 45.0 Å². The van der Waals surface area contributed by atoms with Crippen LogP contribution in [0.3, 0.4) is 0 Å². The molecule has 0 aliphatic carbocycles. The monoisotopic (exact) mass is 421 g/mol. The topological polar surface area (TPSA) is 75.3 Å². The second kappa shape index (κ2) is 7.90. The molecule has 0 atom stereocenters. The Bertz CT molecular complexity index is 953. The number of hydrogen-bond acceptors (Lipinski definition) is 5. The molecule has 8 heteroatoms. The zero-order valence-electron chi connectivity index (χ0n) is 13.5. The maximum atomic E-state index is 12.8. The smallest absolute Gasteiger partial charge is 0.264 e. The third-order valence-electron chi connectivity index (χ3n) is 3.64. The van der Waals surface area contributed by atoms with Crippen LogP contribution in [0.4, 0.5) is 0 Å². The number of methoxy groups -OCH3 is 1. The molecule has 0 aliphatic rings. The van der Waals surface area contributed by atoms with Crippen molar-refractivity contribution in [2.24, 2.45) is 0 Å². The molecule has 0 radical (unpaired) electrons. The Morgan fingerprint density at radius 3 is 2.84 bits per heavy atom. The average molecular weight is 422 g/mol. The second-order valence-electron chi connectivity index (χ2n) is 5.35. The van der Waals surface area contributed by atoms with Gasteiger partial charge in [-0.2, -0.15) is 0 Å². The van der Waals surface area contributed by atoms with Crippen LogP contribution in [0, 0.1) is 0 Å². The summed E-state index contributed by atoms with van der Waals surface area (Å²) >= 11 is 4.74. The molecule has 2 heterocycles. The standard InChI is InChI=1S/C17H16BrN3O3S/c1-24-9-8-21(17(23)13-6-7-14(18)25-13)10-15-19-12-5-3-2-4-11(12)16(22)20-15/h2-7H,8-10H2,1H3,(H,19,20,22). The van der Waals surface area contributed by atoms with E-state index in [1.165, 1.54) is 11.3 Å². The van der Waals surface area contributed by atoms with Crippen LogP contribution in [0.5, 0.6) is 0 Å². The second-order valence-corrected chi connectivity index (χ2v) is 7.82. The first-order valence-corrected chi connectivity index (χ1v) is 9.21. The van der Waals surface area contributed by atoms with Crippen molar-refractivity contribution in [3.05, 3.63) is 61.2 Å². The molecule has 0 saturated carbocycles. The van der Waals surface area contributed by atoms with E-state index in [1.807, 2.05) is 12.1 Å². The van der Waals surface area contributed by atoms with Gasteiger partial charge in [0.25, 0.3) is 11.5 Å². The number of carbonyl (C=O) groups is 1. The zero-order chi connectivity index (χ0) is 17.8. The molecule has 1 aromatic carbocycles. The van der Waals surface area contributed by atoms with Crippen LogP contribution in [-0.4, -0.2) is 41.0 Å². The number of ether oxygens (including phenoxy) is 1. The molecule has 3 rings (SSSR count). The van der Waals surface area contributed by atoms with Crippen molar-refractivity contribution < 1.29 is 9.53 Å². The van der Waals surface area contributed by atoms with Crippen molar-refractivity contribution in [3.8, 4) is 0 Å². The minimum absolute atomic E-state index is 0.122. The number of H-pyrrole nitrogens is 1. The molecule has 1 amide bonds. The van der Waals surface area contributed by atoms with Gasteiger partial charge >= 0.3 is 0 Å². The number of para-hydroxylation sites is 1. The molecular formula is C17H16BrN3O3S. The van der Waals surface area contributed by atoms with Crippen LogP contribution in [0.2, 0.25) is 0 Å². The summed E-state index contributed by atoms with van der Waals surface area (Å²) in [5.41, 5.74) is 0.401. The molecule has 6 nitrogen and oxygen atoms in total. The van der Waals surface area contributed by atoms with Crippen molar-refractivity contribution in [1.82, 2.24) is 14.9 Å². The van der Waals surface area contributed by atoms with Gasteiger partial charge in [0.2, 0.25) is 0 Å². The lowest BCUT2D eigenvalue weighted by Crippen LogP contribution is -2.34. The fourth-order valence-corrected chi connectivity index (χ4v) is 3.78. The van der Waals surface area contributed by atoms with Gasteiger partial charge in [-0.1, -0.05) is 12.1 Å². The number of nitrogens with one attached hydrogen (secondary N) is 1. The van der Waals surface area contributed by atoms with Crippen molar-refractivity contribution in [1.29, 1.82) is 0 Å². The van der Waals surface area contributed by atoms with Gasteiger partial charge in [-0.05, 0) is 40.2 Å². The molecule has 1 N–H and O–H groups in total. The maximum Gasteiger partial charge on any atom is 0.264 e. The highest BCUT2D eigenvalue weighted by atomic mass is 79.9. The van der Waals surface area contributed by atoms with Crippen LogP contribution >= 0.6 is 27.3 Å². The van der Waals surface area contributed by atoms with Gasteiger partial charge in [0, 0.05) is 13.7 Å². The van der Waals surface area contributed by atoms with E-state index in [-0.39, 0.29) is 18.0 Å². The number of fused-ring (bicyclic) bond motifs is 1. The highest BCUT2D eigenvalue weighted by Crippen LogP contribution is 2.23. The SMILES string of the molecule is COCCN(Cc1nc2ccccc2c(=O)[nH]1)C(=O)c1ccc(Br)s1. The lowest BCUT2D eigenvalue weighted by molar-refractivity contribution is 0.0680.